The second-order valence-corrected chi connectivity index (χ2v) is 6.58. The molecular weight excluding hydrogens is 346 g/mol. The number of rotatable bonds is 6. The second kappa shape index (κ2) is 8.09. The van der Waals surface area contributed by atoms with E-state index in [2.05, 4.69) is 59.4 Å². The molecule has 0 bridgehead atoms. The van der Waals surface area contributed by atoms with E-state index in [0.29, 0.717) is 6.61 Å². The van der Waals surface area contributed by atoms with Gasteiger partial charge in [0, 0.05) is 11.9 Å². The van der Waals surface area contributed by atoms with Gasteiger partial charge in [-0.25, -0.2) is 9.97 Å². The molecule has 0 saturated carbocycles. The van der Waals surface area contributed by atoms with E-state index in [9.17, 15) is 0 Å². The van der Waals surface area contributed by atoms with Gasteiger partial charge in [-0.1, -0.05) is 43.3 Å². The van der Waals surface area contributed by atoms with Gasteiger partial charge < -0.3 is 4.74 Å². The number of fused-ring (bicyclic) bond motifs is 1. The van der Waals surface area contributed by atoms with Crippen LogP contribution in [0.25, 0.3) is 29.0 Å². The first-order valence-electron chi connectivity index (χ1n) is 9.60. The van der Waals surface area contributed by atoms with Crippen LogP contribution in [0.2, 0.25) is 0 Å². The predicted octanol–water partition coefficient (Wildman–Crippen LogP) is 5.55. The number of pyridine rings is 1. The quantitative estimate of drug-likeness (QED) is 0.447. The molecule has 0 saturated heterocycles. The second-order valence-electron chi connectivity index (χ2n) is 6.58. The van der Waals surface area contributed by atoms with Gasteiger partial charge in [0.25, 0.3) is 0 Å². The van der Waals surface area contributed by atoms with E-state index in [4.69, 9.17) is 4.74 Å². The molecule has 0 atom stereocenters. The van der Waals surface area contributed by atoms with Crippen molar-refractivity contribution in [2.24, 2.45) is 0 Å². The minimum Gasteiger partial charge on any atom is -0.494 e. The lowest BCUT2D eigenvalue weighted by atomic mass is 10.1. The Morgan fingerprint density at radius 3 is 2.36 bits per heavy atom. The first kappa shape index (κ1) is 18.0. The Morgan fingerprint density at radius 2 is 1.64 bits per heavy atom. The van der Waals surface area contributed by atoms with Gasteiger partial charge in [-0.3, -0.25) is 4.57 Å². The van der Waals surface area contributed by atoms with Crippen LogP contribution in [0.1, 0.15) is 30.5 Å². The topological polar surface area (TPSA) is 39.9 Å². The van der Waals surface area contributed by atoms with Gasteiger partial charge in [0.15, 0.2) is 5.65 Å². The molecule has 2 aromatic heterocycles. The van der Waals surface area contributed by atoms with Gasteiger partial charge in [-0.2, -0.15) is 0 Å². The van der Waals surface area contributed by atoms with E-state index < -0.39 is 0 Å². The molecule has 0 spiro atoms. The predicted molar refractivity (Wildman–Crippen MR) is 115 cm³/mol. The molecule has 0 radical (unpaired) electrons. The van der Waals surface area contributed by atoms with Crippen LogP contribution in [0.15, 0.2) is 67.1 Å². The molecule has 4 rings (SSSR count). The van der Waals surface area contributed by atoms with Crippen molar-refractivity contribution in [1.82, 2.24) is 14.5 Å². The molecule has 2 heterocycles. The van der Waals surface area contributed by atoms with Crippen molar-refractivity contribution >= 4 is 23.3 Å². The Balaban J connectivity index is 1.57. The van der Waals surface area contributed by atoms with Gasteiger partial charge in [-0.15, -0.1) is 0 Å². The summed E-state index contributed by atoms with van der Waals surface area (Å²) >= 11 is 0. The fraction of sp³-hybridized carbons (Fsp3) is 0.167. The van der Waals surface area contributed by atoms with Gasteiger partial charge in [-0.05, 0) is 60.4 Å². The summed E-state index contributed by atoms with van der Waals surface area (Å²) < 4.78 is 7.50. The lowest BCUT2D eigenvalue weighted by molar-refractivity contribution is 0.340. The molecule has 0 fully saturated rings. The standard InChI is InChI=1S/C24H23N3O/c1-3-18-5-7-19(8-6-18)9-10-20-15-23-24(25-16-20)27(17-26-23)21-11-13-22(14-12-21)28-4-2/h5-17H,3-4H2,1-2H3/b10-9-. The fourth-order valence-corrected chi connectivity index (χ4v) is 3.12. The zero-order valence-electron chi connectivity index (χ0n) is 16.2. The maximum Gasteiger partial charge on any atom is 0.164 e. The zero-order valence-corrected chi connectivity index (χ0v) is 16.2. The summed E-state index contributed by atoms with van der Waals surface area (Å²) in [7, 11) is 0. The highest BCUT2D eigenvalue weighted by atomic mass is 16.5. The van der Waals surface area contributed by atoms with Crippen molar-refractivity contribution in [2.75, 3.05) is 6.61 Å². The molecule has 0 aliphatic heterocycles. The summed E-state index contributed by atoms with van der Waals surface area (Å²) in [6.07, 6.45) is 8.92. The molecule has 0 aliphatic carbocycles. The van der Waals surface area contributed by atoms with E-state index in [-0.39, 0.29) is 0 Å². The fourth-order valence-electron chi connectivity index (χ4n) is 3.12. The van der Waals surface area contributed by atoms with Crippen molar-refractivity contribution in [3.63, 3.8) is 0 Å². The summed E-state index contributed by atoms with van der Waals surface area (Å²) in [6.45, 7) is 4.81. The van der Waals surface area contributed by atoms with Gasteiger partial charge in [0.1, 0.15) is 17.6 Å². The Bertz CT molecular complexity index is 1090. The molecule has 0 aliphatic rings. The number of aromatic nitrogens is 3. The number of hydrogen-bond donors (Lipinski definition) is 0. The largest absolute Gasteiger partial charge is 0.494 e. The number of hydrogen-bond acceptors (Lipinski definition) is 3. The molecule has 28 heavy (non-hydrogen) atoms. The molecule has 0 unspecified atom stereocenters. The van der Waals surface area contributed by atoms with Gasteiger partial charge in [0.05, 0.1) is 6.61 Å². The maximum atomic E-state index is 5.51. The van der Waals surface area contributed by atoms with E-state index in [1.165, 1.54) is 11.1 Å². The van der Waals surface area contributed by atoms with Crippen LogP contribution in [0.5, 0.6) is 5.75 Å². The third-order valence-electron chi connectivity index (χ3n) is 4.69. The minimum absolute atomic E-state index is 0.661. The number of nitrogens with zero attached hydrogens (tertiary/aromatic N) is 3. The van der Waals surface area contributed by atoms with Gasteiger partial charge in [0.2, 0.25) is 0 Å². The normalized spacial score (nSPS) is 11.4. The smallest absolute Gasteiger partial charge is 0.164 e. The Morgan fingerprint density at radius 1 is 0.893 bits per heavy atom. The van der Waals surface area contributed by atoms with Crippen molar-refractivity contribution < 1.29 is 4.74 Å². The maximum absolute atomic E-state index is 5.51. The van der Waals surface area contributed by atoms with Crippen LogP contribution in [0.4, 0.5) is 0 Å². The summed E-state index contributed by atoms with van der Waals surface area (Å²) in [5.74, 6) is 0.864. The SMILES string of the molecule is CCOc1ccc(-n2cnc3cc(/C=C\c4ccc(CC)cc4)cnc32)cc1. The van der Waals surface area contributed by atoms with Crippen LogP contribution in [-0.4, -0.2) is 21.1 Å². The van der Waals surface area contributed by atoms with E-state index in [0.717, 1.165) is 34.6 Å². The van der Waals surface area contributed by atoms with E-state index >= 15 is 0 Å². The molecule has 4 nitrogen and oxygen atoms in total. The molecule has 140 valence electrons. The van der Waals surface area contributed by atoms with Crippen LogP contribution in [0.3, 0.4) is 0 Å². The van der Waals surface area contributed by atoms with Crippen molar-refractivity contribution in [3.8, 4) is 11.4 Å². The highest BCUT2D eigenvalue weighted by molar-refractivity contribution is 5.78. The molecule has 4 heteroatoms. The van der Waals surface area contributed by atoms with Crippen LogP contribution in [0, 0.1) is 0 Å². The zero-order chi connectivity index (χ0) is 19.3. The molecule has 0 N–H and O–H groups in total. The van der Waals surface area contributed by atoms with Crippen molar-refractivity contribution in [2.45, 2.75) is 20.3 Å². The van der Waals surface area contributed by atoms with E-state index in [1.807, 2.05) is 48.3 Å². The van der Waals surface area contributed by atoms with Crippen molar-refractivity contribution in [3.05, 3.63) is 83.8 Å². The summed E-state index contributed by atoms with van der Waals surface area (Å²) in [4.78, 5) is 9.16. The van der Waals surface area contributed by atoms with Crippen molar-refractivity contribution in [1.29, 1.82) is 0 Å². The summed E-state index contributed by atoms with van der Waals surface area (Å²) in [5.41, 5.74) is 6.28. The van der Waals surface area contributed by atoms with Gasteiger partial charge >= 0.3 is 0 Å². The highest BCUT2D eigenvalue weighted by Crippen LogP contribution is 2.21. The highest BCUT2D eigenvalue weighted by Gasteiger charge is 2.07. The average Bonchev–Trinajstić information content (AvgIpc) is 3.17. The summed E-state index contributed by atoms with van der Waals surface area (Å²) in [5, 5.41) is 0. The number of ether oxygens (including phenoxy) is 1. The average molecular weight is 369 g/mol. The number of aryl methyl sites for hydroxylation is 1. The van der Waals surface area contributed by atoms with Crippen LogP contribution >= 0.6 is 0 Å². The first-order chi connectivity index (χ1) is 13.8. The molecule has 0 amide bonds. The minimum atomic E-state index is 0.661. The molecule has 2 aromatic carbocycles. The Kier molecular flexibility index (Phi) is 5.20. The van der Waals surface area contributed by atoms with E-state index in [1.54, 1.807) is 0 Å². The Hall–Kier alpha value is -3.40. The third kappa shape index (κ3) is 3.81. The third-order valence-corrected chi connectivity index (χ3v) is 4.69. The Labute approximate surface area is 165 Å². The number of imidazole rings is 1. The van der Waals surface area contributed by atoms with Crippen LogP contribution < -0.4 is 4.74 Å². The lowest BCUT2D eigenvalue weighted by Gasteiger charge is -2.06. The van der Waals surface area contributed by atoms with Crippen LogP contribution in [-0.2, 0) is 6.42 Å². The molecular formula is C24H23N3O. The molecule has 4 aromatic rings. The summed E-state index contributed by atoms with van der Waals surface area (Å²) in [6, 6.07) is 18.6. The number of benzene rings is 2. The monoisotopic (exact) mass is 369 g/mol. The lowest BCUT2D eigenvalue weighted by Crippen LogP contribution is -1.95. The first-order valence-corrected chi connectivity index (χ1v) is 9.60.